The molecule has 0 amide bonds. The molecule has 4 heteroatoms. The van der Waals surface area contributed by atoms with Crippen LogP contribution in [0.25, 0.3) is 11.3 Å². The molecule has 19 heavy (non-hydrogen) atoms. The molecule has 0 spiro atoms. The number of halogens is 1. The Bertz CT molecular complexity index is 612. The minimum atomic E-state index is 0.347. The van der Waals surface area contributed by atoms with Crippen LogP contribution < -0.4 is 5.73 Å². The third-order valence-corrected chi connectivity index (χ3v) is 4.25. The van der Waals surface area contributed by atoms with Crippen LogP contribution in [0.15, 0.2) is 28.7 Å². The van der Waals surface area contributed by atoms with Crippen molar-refractivity contribution in [2.45, 2.75) is 38.6 Å². The van der Waals surface area contributed by atoms with Crippen molar-refractivity contribution < 1.29 is 0 Å². The fourth-order valence-corrected chi connectivity index (χ4v) is 2.96. The number of aromatic nitrogens is 2. The monoisotopic (exact) mass is 319 g/mol. The molecule has 0 bridgehead atoms. The molecule has 1 saturated carbocycles. The number of benzene rings is 1. The molecule has 100 valence electrons. The number of nitrogens with two attached hydrogens (primary N) is 1. The van der Waals surface area contributed by atoms with E-state index in [9.17, 15) is 0 Å². The normalized spacial score (nSPS) is 15.2. The van der Waals surface area contributed by atoms with E-state index in [1.165, 1.54) is 12.8 Å². The van der Waals surface area contributed by atoms with Crippen molar-refractivity contribution >= 4 is 21.7 Å². The first-order chi connectivity index (χ1) is 9.09. The summed E-state index contributed by atoms with van der Waals surface area (Å²) in [5.41, 5.74) is 8.33. The molecule has 3 rings (SSSR count). The third-order valence-electron chi connectivity index (χ3n) is 3.56. The molecule has 1 aliphatic carbocycles. The van der Waals surface area contributed by atoms with E-state index >= 15 is 0 Å². The van der Waals surface area contributed by atoms with Crippen molar-refractivity contribution in [3.05, 3.63) is 34.6 Å². The number of hydrogen-bond donors (Lipinski definition) is 1. The fourth-order valence-electron chi connectivity index (χ4n) is 2.49. The van der Waals surface area contributed by atoms with Crippen LogP contribution in [-0.4, -0.2) is 9.55 Å². The summed E-state index contributed by atoms with van der Waals surface area (Å²) in [5, 5.41) is 0. The molecule has 1 fully saturated rings. The van der Waals surface area contributed by atoms with Gasteiger partial charge in [0, 0.05) is 22.0 Å². The summed E-state index contributed by atoms with van der Waals surface area (Å²) in [4.78, 5) is 4.83. The number of nitrogen functional groups attached to an aromatic ring is 1. The Morgan fingerprint density at radius 1 is 1.32 bits per heavy atom. The average Bonchev–Trinajstić information content (AvgIpc) is 3.14. The Morgan fingerprint density at radius 2 is 2.00 bits per heavy atom. The molecule has 3 nitrogen and oxygen atoms in total. The zero-order valence-electron chi connectivity index (χ0n) is 11.2. The second-order valence-electron chi connectivity index (χ2n) is 5.42. The maximum Gasteiger partial charge on any atom is 0.132 e. The highest BCUT2D eigenvalue weighted by atomic mass is 79.9. The van der Waals surface area contributed by atoms with Crippen molar-refractivity contribution in [2.24, 2.45) is 0 Å². The molecular formula is C15H18BrN3. The predicted molar refractivity (Wildman–Crippen MR) is 82.1 cm³/mol. The van der Waals surface area contributed by atoms with Crippen LogP contribution in [0.2, 0.25) is 0 Å². The van der Waals surface area contributed by atoms with Crippen LogP contribution in [0.4, 0.5) is 5.82 Å². The molecule has 0 radical (unpaired) electrons. The van der Waals surface area contributed by atoms with Crippen LogP contribution in [0.3, 0.4) is 0 Å². The van der Waals surface area contributed by atoms with Crippen molar-refractivity contribution in [1.29, 1.82) is 0 Å². The van der Waals surface area contributed by atoms with Gasteiger partial charge in [-0.1, -0.05) is 34.1 Å². The van der Waals surface area contributed by atoms with E-state index in [4.69, 9.17) is 10.7 Å². The lowest BCUT2D eigenvalue weighted by atomic mass is 10.1. The first-order valence-corrected chi connectivity index (χ1v) is 7.51. The van der Waals surface area contributed by atoms with E-state index < -0.39 is 0 Å². The standard InChI is InChI=1S/C15H18BrN3/c1-9(2)19-14(17)13(18-15(19)10-7-8-10)11-5-3-4-6-12(11)16/h3-6,9-10H,7-8,17H2,1-2H3. The van der Waals surface area contributed by atoms with Gasteiger partial charge in [-0.15, -0.1) is 0 Å². The van der Waals surface area contributed by atoms with E-state index in [2.05, 4.69) is 40.4 Å². The summed E-state index contributed by atoms with van der Waals surface area (Å²) in [6.07, 6.45) is 2.47. The highest BCUT2D eigenvalue weighted by molar-refractivity contribution is 9.10. The summed E-state index contributed by atoms with van der Waals surface area (Å²) < 4.78 is 3.23. The zero-order valence-corrected chi connectivity index (χ0v) is 12.8. The number of hydrogen-bond acceptors (Lipinski definition) is 2. The highest BCUT2D eigenvalue weighted by Gasteiger charge is 2.32. The quantitative estimate of drug-likeness (QED) is 0.913. The van der Waals surface area contributed by atoms with Gasteiger partial charge in [-0.05, 0) is 32.8 Å². The van der Waals surface area contributed by atoms with Crippen LogP contribution in [0, 0.1) is 0 Å². The minimum absolute atomic E-state index is 0.347. The maximum absolute atomic E-state index is 6.35. The fraction of sp³-hybridized carbons (Fsp3) is 0.400. The molecule has 1 aromatic heterocycles. The largest absolute Gasteiger partial charge is 0.383 e. The molecule has 2 N–H and O–H groups in total. The summed E-state index contributed by atoms with van der Waals surface area (Å²) in [7, 11) is 0. The van der Waals surface area contributed by atoms with Gasteiger partial charge < -0.3 is 10.3 Å². The Labute approximate surface area is 122 Å². The first-order valence-electron chi connectivity index (χ1n) is 6.72. The SMILES string of the molecule is CC(C)n1c(C2CC2)nc(-c2ccccc2Br)c1N. The van der Waals surface area contributed by atoms with Crippen molar-refractivity contribution in [3.63, 3.8) is 0 Å². The van der Waals surface area contributed by atoms with E-state index in [0.29, 0.717) is 12.0 Å². The van der Waals surface area contributed by atoms with Crippen LogP contribution >= 0.6 is 15.9 Å². The van der Waals surface area contributed by atoms with Gasteiger partial charge >= 0.3 is 0 Å². The Kier molecular flexibility index (Phi) is 3.13. The van der Waals surface area contributed by atoms with Gasteiger partial charge in [-0.3, -0.25) is 0 Å². The topological polar surface area (TPSA) is 43.8 Å². The highest BCUT2D eigenvalue weighted by Crippen LogP contribution is 2.44. The molecule has 2 aromatic rings. The molecule has 0 atom stereocenters. The van der Waals surface area contributed by atoms with Crippen molar-refractivity contribution in [2.75, 3.05) is 5.73 Å². The molecule has 1 aromatic carbocycles. The molecule has 1 heterocycles. The van der Waals surface area contributed by atoms with Gasteiger partial charge in [0.15, 0.2) is 0 Å². The van der Waals surface area contributed by atoms with Crippen molar-refractivity contribution in [1.82, 2.24) is 9.55 Å². The summed E-state index contributed by atoms with van der Waals surface area (Å²) >= 11 is 3.59. The number of nitrogens with zero attached hydrogens (tertiary/aromatic N) is 2. The smallest absolute Gasteiger partial charge is 0.132 e. The molecule has 0 saturated heterocycles. The summed E-state index contributed by atoms with van der Waals surface area (Å²) in [6.45, 7) is 4.32. The van der Waals surface area contributed by atoms with E-state index in [-0.39, 0.29) is 0 Å². The Hall–Kier alpha value is -1.29. The molecular weight excluding hydrogens is 302 g/mol. The molecule has 0 aliphatic heterocycles. The predicted octanol–water partition coefficient (Wildman–Crippen LogP) is 4.35. The van der Waals surface area contributed by atoms with E-state index in [1.807, 2.05) is 18.2 Å². The number of imidazole rings is 1. The molecule has 0 unspecified atom stereocenters. The van der Waals surface area contributed by atoms with E-state index in [0.717, 1.165) is 27.4 Å². The second-order valence-corrected chi connectivity index (χ2v) is 6.28. The van der Waals surface area contributed by atoms with E-state index in [1.54, 1.807) is 0 Å². The lowest BCUT2D eigenvalue weighted by Crippen LogP contribution is -2.08. The Balaban J connectivity index is 2.17. The van der Waals surface area contributed by atoms with Gasteiger partial charge in [-0.2, -0.15) is 0 Å². The lowest BCUT2D eigenvalue weighted by molar-refractivity contribution is 0.576. The van der Waals surface area contributed by atoms with Gasteiger partial charge in [0.1, 0.15) is 17.3 Å². The summed E-state index contributed by atoms with van der Waals surface area (Å²) in [5.74, 6) is 2.53. The zero-order chi connectivity index (χ0) is 13.6. The first kappa shape index (κ1) is 12.7. The number of anilines is 1. The van der Waals surface area contributed by atoms with Crippen LogP contribution in [0.1, 0.15) is 44.5 Å². The number of rotatable bonds is 3. The average molecular weight is 320 g/mol. The van der Waals surface area contributed by atoms with Gasteiger partial charge in [-0.25, -0.2) is 4.98 Å². The van der Waals surface area contributed by atoms with Gasteiger partial charge in [0.25, 0.3) is 0 Å². The van der Waals surface area contributed by atoms with Gasteiger partial charge in [0.2, 0.25) is 0 Å². The lowest BCUT2D eigenvalue weighted by Gasteiger charge is -2.13. The van der Waals surface area contributed by atoms with Gasteiger partial charge in [0.05, 0.1) is 0 Å². The van der Waals surface area contributed by atoms with Crippen LogP contribution in [0.5, 0.6) is 0 Å². The Morgan fingerprint density at radius 3 is 2.58 bits per heavy atom. The molecule has 1 aliphatic rings. The summed E-state index contributed by atoms with van der Waals surface area (Å²) in [6, 6.07) is 8.46. The van der Waals surface area contributed by atoms with Crippen molar-refractivity contribution in [3.8, 4) is 11.3 Å². The third kappa shape index (κ3) is 2.18. The maximum atomic E-state index is 6.35. The van der Waals surface area contributed by atoms with Crippen LogP contribution in [-0.2, 0) is 0 Å². The second kappa shape index (κ2) is 4.67. The minimum Gasteiger partial charge on any atom is -0.383 e.